The molecule has 1 saturated heterocycles. The van der Waals surface area contributed by atoms with E-state index in [9.17, 15) is 4.79 Å². The molecule has 0 unspecified atom stereocenters. The fourth-order valence-electron chi connectivity index (χ4n) is 2.22. The Labute approximate surface area is 138 Å². The summed E-state index contributed by atoms with van der Waals surface area (Å²) in [6, 6.07) is 3.87. The number of nitrogens with one attached hydrogen (secondary N) is 1. The number of thiazole rings is 1. The summed E-state index contributed by atoms with van der Waals surface area (Å²) in [4.78, 5) is 23.8. The van der Waals surface area contributed by atoms with Crippen molar-refractivity contribution in [2.75, 3.05) is 36.5 Å². The molecule has 0 radical (unpaired) electrons. The Balaban J connectivity index is 1.75. The van der Waals surface area contributed by atoms with Crippen LogP contribution < -0.4 is 10.2 Å². The van der Waals surface area contributed by atoms with E-state index in [2.05, 4.69) is 20.2 Å². The van der Waals surface area contributed by atoms with Crippen LogP contribution in [-0.4, -0.2) is 48.0 Å². The van der Waals surface area contributed by atoms with E-state index in [-0.39, 0.29) is 0 Å². The van der Waals surface area contributed by atoms with Crippen LogP contribution in [0.5, 0.6) is 0 Å². The van der Waals surface area contributed by atoms with Crippen LogP contribution in [0.3, 0.4) is 0 Å². The molecule has 1 aliphatic rings. The third-order valence-electron chi connectivity index (χ3n) is 3.18. The van der Waals surface area contributed by atoms with Crippen LogP contribution in [0.4, 0.5) is 15.7 Å². The number of anilines is 2. The molecule has 0 aliphatic carbocycles. The number of ether oxygens (including phenoxy) is 2. The second kappa shape index (κ2) is 6.29. The zero-order chi connectivity index (χ0) is 16.4. The number of nitrogens with zero attached hydrogens (tertiary/aromatic N) is 3. The van der Waals surface area contributed by atoms with Gasteiger partial charge in [-0.05, 0) is 32.9 Å². The van der Waals surface area contributed by atoms with Crippen LogP contribution in [0.15, 0.2) is 12.1 Å². The number of rotatable bonds is 2. The molecule has 3 rings (SSSR count). The van der Waals surface area contributed by atoms with Crippen molar-refractivity contribution in [3.8, 4) is 0 Å². The zero-order valence-corrected chi connectivity index (χ0v) is 14.3. The van der Waals surface area contributed by atoms with Gasteiger partial charge in [-0.2, -0.15) is 0 Å². The van der Waals surface area contributed by atoms with E-state index in [1.807, 2.05) is 32.9 Å². The van der Waals surface area contributed by atoms with Crippen LogP contribution in [0.1, 0.15) is 20.8 Å². The van der Waals surface area contributed by atoms with Crippen molar-refractivity contribution in [1.29, 1.82) is 0 Å². The first kappa shape index (κ1) is 15.9. The predicted octanol–water partition coefficient (Wildman–Crippen LogP) is 2.87. The van der Waals surface area contributed by atoms with Gasteiger partial charge in [-0.15, -0.1) is 0 Å². The second-order valence-corrected chi connectivity index (χ2v) is 7.22. The second-order valence-electron chi connectivity index (χ2n) is 6.24. The molecule has 23 heavy (non-hydrogen) atoms. The highest BCUT2D eigenvalue weighted by atomic mass is 32.1. The van der Waals surface area contributed by atoms with E-state index < -0.39 is 11.7 Å². The Kier molecular flexibility index (Phi) is 4.36. The lowest BCUT2D eigenvalue weighted by Gasteiger charge is -2.27. The highest BCUT2D eigenvalue weighted by Crippen LogP contribution is 2.27. The lowest BCUT2D eigenvalue weighted by atomic mass is 10.2. The first-order valence-electron chi connectivity index (χ1n) is 7.51. The first-order chi connectivity index (χ1) is 10.9. The number of fused-ring (bicyclic) bond motifs is 1. The molecule has 0 aromatic carbocycles. The minimum Gasteiger partial charge on any atom is -0.444 e. The molecular weight excluding hydrogens is 316 g/mol. The topological polar surface area (TPSA) is 76.6 Å². The van der Waals surface area contributed by atoms with Crippen LogP contribution in [0.25, 0.3) is 10.3 Å². The molecule has 0 atom stereocenters. The number of carbonyl (C=O) groups is 1. The van der Waals surface area contributed by atoms with E-state index in [1.54, 1.807) is 0 Å². The third-order valence-corrected chi connectivity index (χ3v) is 4.06. The minimum atomic E-state index is -0.539. The van der Waals surface area contributed by atoms with Crippen LogP contribution in [0.2, 0.25) is 0 Å². The lowest BCUT2D eigenvalue weighted by Crippen LogP contribution is -2.36. The smallest absolute Gasteiger partial charge is 0.413 e. The molecule has 2 aromatic heterocycles. The van der Waals surface area contributed by atoms with E-state index in [0.717, 1.165) is 29.3 Å². The molecule has 1 aliphatic heterocycles. The number of pyridine rings is 1. The zero-order valence-electron chi connectivity index (χ0n) is 13.5. The molecule has 1 fully saturated rings. The monoisotopic (exact) mass is 336 g/mol. The highest BCUT2D eigenvalue weighted by Gasteiger charge is 2.18. The van der Waals surface area contributed by atoms with Crippen molar-refractivity contribution in [3.05, 3.63) is 12.1 Å². The number of carbonyl (C=O) groups excluding carboxylic acids is 1. The maximum atomic E-state index is 11.8. The average molecular weight is 336 g/mol. The van der Waals surface area contributed by atoms with Crippen LogP contribution >= 0.6 is 11.3 Å². The molecule has 8 heteroatoms. The van der Waals surface area contributed by atoms with Gasteiger partial charge < -0.3 is 14.4 Å². The number of morpholine rings is 1. The van der Waals surface area contributed by atoms with Crippen molar-refractivity contribution in [1.82, 2.24) is 9.97 Å². The van der Waals surface area contributed by atoms with E-state index >= 15 is 0 Å². The largest absolute Gasteiger partial charge is 0.444 e. The molecule has 124 valence electrons. The Morgan fingerprint density at radius 3 is 2.74 bits per heavy atom. The average Bonchev–Trinajstić information content (AvgIpc) is 2.87. The predicted molar refractivity (Wildman–Crippen MR) is 90.3 cm³/mol. The SMILES string of the molecule is CC(C)(C)OC(=O)Nc1nc2ccc(N3CCOCC3)nc2s1. The highest BCUT2D eigenvalue weighted by molar-refractivity contribution is 7.21. The molecule has 7 nitrogen and oxygen atoms in total. The molecule has 0 spiro atoms. The minimum absolute atomic E-state index is 0.487. The summed E-state index contributed by atoms with van der Waals surface area (Å²) in [7, 11) is 0. The van der Waals surface area contributed by atoms with Crippen molar-refractivity contribution in [2.45, 2.75) is 26.4 Å². The number of hydrogen-bond donors (Lipinski definition) is 1. The van der Waals surface area contributed by atoms with Gasteiger partial charge in [0, 0.05) is 13.1 Å². The van der Waals surface area contributed by atoms with Crippen molar-refractivity contribution < 1.29 is 14.3 Å². The summed E-state index contributed by atoms with van der Waals surface area (Å²) in [5.41, 5.74) is 0.223. The summed E-state index contributed by atoms with van der Waals surface area (Å²) < 4.78 is 10.6. The number of hydrogen-bond acceptors (Lipinski definition) is 7. The van der Waals surface area contributed by atoms with Crippen molar-refractivity contribution >= 4 is 38.7 Å². The van der Waals surface area contributed by atoms with E-state index in [1.165, 1.54) is 11.3 Å². The Bertz CT molecular complexity index is 704. The summed E-state index contributed by atoms with van der Waals surface area (Å²) in [5, 5.41) is 3.15. The molecular formula is C15H20N4O3S. The summed E-state index contributed by atoms with van der Waals surface area (Å²) in [6.07, 6.45) is -0.509. The van der Waals surface area contributed by atoms with Gasteiger partial charge in [0.05, 0.1) is 13.2 Å². The maximum absolute atomic E-state index is 11.8. The standard InChI is InChI=1S/C15H20N4O3S/c1-15(2,3)22-14(20)18-13-16-10-4-5-11(17-12(10)23-13)19-6-8-21-9-7-19/h4-5H,6-9H2,1-3H3,(H,16,18,20). The van der Waals surface area contributed by atoms with Gasteiger partial charge in [-0.3, -0.25) is 5.32 Å². The number of amides is 1. The summed E-state index contributed by atoms with van der Waals surface area (Å²) in [6.45, 7) is 8.56. The fourth-order valence-corrected chi connectivity index (χ4v) is 3.04. The Morgan fingerprint density at radius 2 is 2.04 bits per heavy atom. The Hall–Kier alpha value is -1.93. The molecule has 1 amide bonds. The normalized spacial score (nSPS) is 15.7. The lowest BCUT2D eigenvalue weighted by molar-refractivity contribution is 0.0636. The van der Waals surface area contributed by atoms with Gasteiger partial charge in [-0.25, -0.2) is 14.8 Å². The van der Waals surface area contributed by atoms with E-state index in [0.29, 0.717) is 18.3 Å². The molecule has 0 bridgehead atoms. The fraction of sp³-hybridized carbons (Fsp3) is 0.533. The van der Waals surface area contributed by atoms with Gasteiger partial charge in [0.25, 0.3) is 0 Å². The van der Waals surface area contributed by atoms with Gasteiger partial charge in [0.1, 0.15) is 21.8 Å². The van der Waals surface area contributed by atoms with E-state index in [4.69, 9.17) is 9.47 Å². The first-order valence-corrected chi connectivity index (χ1v) is 8.33. The molecule has 3 heterocycles. The molecule has 2 aromatic rings. The number of aromatic nitrogens is 2. The van der Waals surface area contributed by atoms with Gasteiger partial charge in [-0.1, -0.05) is 11.3 Å². The van der Waals surface area contributed by atoms with Crippen molar-refractivity contribution in [3.63, 3.8) is 0 Å². The summed E-state index contributed by atoms with van der Waals surface area (Å²) >= 11 is 1.34. The third kappa shape index (κ3) is 4.08. The van der Waals surface area contributed by atoms with Gasteiger partial charge in [0.2, 0.25) is 0 Å². The Morgan fingerprint density at radius 1 is 1.30 bits per heavy atom. The van der Waals surface area contributed by atoms with Gasteiger partial charge in [0.15, 0.2) is 5.13 Å². The van der Waals surface area contributed by atoms with Crippen molar-refractivity contribution in [2.24, 2.45) is 0 Å². The van der Waals surface area contributed by atoms with Crippen LogP contribution in [-0.2, 0) is 9.47 Å². The van der Waals surface area contributed by atoms with Crippen LogP contribution in [0, 0.1) is 0 Å². The van der Waals surface area contributed by atoms with Gasteiger partial charge >= 0.3 is 6.09 Å². The maximum Gasteiger partial charge on any atom is 0.413 e. The summed E-state index contributed by atoms with van der Waals surface area (Å²) in [5.74, 6) is 0.910. The molecule has 1 N–H and O–H groups in total. The quantitative estimate of drug-likeness (QED) is 0.909. The molecule has 0 saturated carbocycles.